The van der Waals surface area contributed by atoms with Crippen LogP contribution in [0.5, 0.6) is 0 Å². The van der Waals surface area contributed by atoms with Crippen LogP contribution in [0.15, 0.2) is 72.8 Å². The average Bonchev–Trinajstić information content (AvgIpc) is 2.82. The molecule has 3 nitrogen and oxygen atoms in total. The highest BCUT2D eigenvalue weighted by atomic mass is 16.7. The van der Waals surface area contributed by atoms with E-state index in [-0.39, 0.29) is 24.1 Å². The van der Waals surface area contributed by atoms with Gasteiger partial charge in [-0.3, -0.25) is 0 Å². The molecule has 3 heteroatoms. The Kier molecular flexibility index (Phi) is 14.2. The van der Waals surface area contributed by atoms with E-state index in [9.17, 15) is 4.79 Å². The van der Waals surface area contributed by atoms with E-state index in [1.54, 1.807) is 6.92 Å². The number of hydrogen-bond acceptors (Lipinski definition) is 3. The number of ketones is 1. The minimum absolute atomic E-state index is 0.00684. The molecule has 0 radical (unpaired) electrons. The maximum atomic E-state index is 11.0. The van der Waals surface area contributed by atoms with Crippen molar-refractivity contribution in [2.45, 2.75) is 72.7 Å². The summed E-state index contributed by atoms with van der Waals surface area (Å²) in [6.07, 6.45) is 7.43. The lowest BCUT2D eigenvalue weighted by Gasteiger charge is -2.36. The number of hydrogen-bond donors (Lipinski definition) is 0. The molecule has 3 rings (SSSR count). The van der Waals surface area contributed by atoms with E-state index < -0.39 is 0 Å². The predicted molar refractivity (Wildman–Crippen MR) is 130 cm³/mol. The fourth-order valence-corrected chi connectivity index (χ4v) is 3.23. The minimum atomic E-state index is -0.334. The molecule has 170 valence electrons. The van der Waals surface area contributed by atoms with Crippen LogP contribution in [0.25, 0.3) is 0 Å². The first-order valence-corrected chi connectivity index (χ1v) is 11.7. The molecule has 0 spiro atoms. The quantitative estimate of drug-likeness (QED) is 0.425. The Morgan fingerprint density at radius 1 is 0.935 bits per heavy atom. The van der Waals surface area contributed by atoms with Crippen molar-refractivity contribution in [3.8, 4) is 0 Å². The third kappa shape index (κ3) is 10.1. The number of benzene rings is 2. The Balaban J connectivity index is 0.000000884. The summed E-state index contributed by atoms with van der Waals surface area (Å²) in [6, 6.07) is 20.4. The highest BCUT2D eigenvalue weighted by molar-refractivity contribution is 5.75. The second-order valence-electron chi connectivity index (χ2n) is 7.46. The fraction of sp³-hybridized carbons (Fsp3) is 0.464. The molecule has 0 aromatic heterocycles. The largest absolute Gasteiger partial charge is 0.348 e. The summed E-state index contributed by atoms with van der Waals surface area (Å²) in [5.74, 6) is 0.484. The van der Waals surface area contributed by atoms with Crippen molar-refractivity contribution >= 4 is 5.78 Å². The molecule has 0 saturated carbocycles. The van der Waals surface area contributed by atoms with E-state index in [0.29, 0.717) is 13.0 Å². The molecular weight excluding hydrogens is 384 g/mol. The number of rotatable bonds is 7. The van der Waals surface area contributed by atoms with E-state index in [4.69, 9.17) is 9.47 Å². The SMILES string of the molecule is CC.CC(=O)CC/C=C\C[C@@H]1CO[C@H](c2ccccc2)O[C@@H]1c1ccccc1.CCC. The molecule has 31 heavy (non-hydrogen) atoms. The second-order valence-corrected chi connectivity index (χ2v) is 7.46. The van der Waals surface area contributed by atoms with Gasteiger partial charge in [0, 0.05) is 17.9 Å². The smallest absolute Gasteiger partial charge is 0.184 e. The number of allylic oxidation sites excluding steroid dienone is 2. The minimum Gasteiger partial charge on any atom is -0.348 e. The molecule has 0 unspecified atom stereocenters. The molecule has 1 aliphatic heterocycles. The first kappa shape index (κ1) is 26.8. The first-order valence-electron chi connectivity index (χ1n) is 11.7. The second kappa shape index (κ2) is 16.5. The summed E-state index contributed by atoms with van der Waals surface area (Å²) in [5, 5.41) is 0. The van der Waals surface area contributed by atoms with E-state index in [1.165, 1.54) is 12.0 Å². The molecule has 3 atom stereocenters. The van der Waals surface area contributed by atoms with Gasteiger partial charge in [0.05, 0.1) is 12.7 Å². The van der Waals surface area contributed by atoms with Crippen LogP contribution >= 0.6 is 0 Å². The van der Waals surface area contributed by atoms with E-state index >= 15 is 0 Å². The summed E-state index contributed by atoms with van der Waals surface area (Å²) in [5.41, 5.74) is 2.22. The summed E-state index contributed by atoms with van der Waals surface area (Å²) in [7, 11) is 0. The fourth-order valence-electron chi connectivity index (χ4n) is 3.23. The maximum absolute atomic E-state index is 11.0. The number of Topliss-reactive ketones (excluding diaryl/α,β-unsaturated/α-hetero) is 1. The zero-order chi connectivity index (χ0) is 22.9. The van der Waals surface area contributed by atoms with Crippen LogP contribution in [0, 0.1) is 5.92 Å². The Labute approximate surface area is 189 Å². The molecular formula is C28H40O3. The third-order valence-corrected chi connectivity index (χ3v) is 4.63. The van der Waals surface area contributed by atoms with Gasteiger partial charge in [0.1, 0.15) is 5.78 Å². The van der Waals surface area contributed by atoms with Crippen molar-refractivity contribution in [1.29, 1.82) is 0 Å². The van der Waals surface area contributed by atoms with Crippen molar-refractivity contribution in [3.63, 3.8) is 0 Å². The van der Waals surface area contributed by atoms with Gasteiger partial charge in [0.15, 0.2) is 6.29 Å². The summed E-state index contributed by atoms with van der Waals surface area (Å²) >= 11 is 0. The van der Waals surface area contributed by atoms with Gasteiger partial charge in [-0.25, -0.2) is 0 Å². The van der Waals surface area contributed by atoms with Crippen LogP contribution in [-0.4, -0.2) is 12.4 Å². The van der Waals surface area contributed by atoms with Crippen molar-refractivity contribution < 1.29 is 14.3 Å². The molecule has 1 fully saturated rings. The highest BCUT2D eigenvalue weighted by Crippen LogP contribution is 2.39. The summed E-state index contributed by atoms with van der Waals surface area (Å²) in [6.45, 7) is 10.5. The van der Waals surface area contributed by atoms with Gasteiger partial charge < -0.3 is 14.3 Å². The van der Waals surface area contributed by atoms with Gasteiger partial charge in [-0.15, -0.1) is 0 Å². The topological polar surface area (TPSA) is 35.5 Å². The molecule has 1 saturated heterocycles. The highest BCUT2D eigenvalue weighted by Gasteiger charge is 2.33. The van der Waals surface area contributed by atoms with Crippen molar-refractivity contribution in [2.24, 2.45) is 5.92 Å². The normalized spacial score (nSPS) is 20.2. The Hall–Kier alpha value is -2.23. The molecule has 0 bridgehead atoms. The zero-order valence-electron chi connectivity index (χ0n) is 19.9. The molecule has 1 heterocycles. The lowest BCUT2D eigenvalue weighted by molar-refractivity contribution is -0.243. The average molecular weight is 425 g/mol. The van der Waals surface area contributed by atoms with Crippen LogP contribution in [0.4, 0.5) is 0 Å². The molecule has 1 aliphatic rings. The van der Waals surface area contributed by atoms with Crippen molar-refractivity contribution in [2.75, 3.05) is 6.61 Å². The van der Waals surface area contributed by atoms with Gasteiger partial charge in [0.25, 0.3) is 0 Å². The van der Waals surface area contributed by atoms with Gasteiger partial charge in [0.2, 0.25) is 0 Å². The molecule has 0 amide bonds. The summed E-state index contributed by atoms with van der Waals surface area (Å²) < 4.78 is 12.4. The van der Waals surface area contributed by atoms with Crippen LogP contribution < -0.4 is 0 Å². The number of ether oxygens (including phenoxy) is 2. The lowest BCUT2D eigenvalue weighted by Crippen LogP contribution is -2.30. The number of carbonyl (C=O) groups is 1. The first-order chi connectivity index (χ1) is 15.2. The van der Waals surface area contributed by atoms with Gasteiger partial charge >= 0.3 is 0 Å². The third-order valence-electron chi connectivity index (χ3n) is 4.63. The van der Waals surface area contributed by atoms with Crippen molar-refractivity contribution in [3.05, 3.63) is 83.9 Å². The van der Waals surface area contributed by atoms with Crippen molar-refractivity contribution in [1.82, 2.24) is 0 Å². The maximum Gasteiger partial charge on any atom is 0.184 e. The molecule has 2 aromatic carbocycles. The molecule has 2 aromatic rings. The monoisotopic (exact) mass is 424 g/mol. The number of carbonyl (C=O) groups excluding carboxylic acids is 1. The molecule has 0 N–H and O–H groups in total. The van der Waals surface area contributed by atoms with Gasteiger partial charge in [-0.1, -0.05) is 107 Å². The standard InChI is InChI=1S/C23H26O3.C3H8.C2H6/c1-18(24)11-5-2-10-16-21-17-25-23(20-14-8-4-9-15-20)26-22(21)19-12-6-3-7-13-19;1-3-2;1-2/h2-4,6-10,12-15,21-23H,5,11,16-17H2,1H3;3H2,1-2H3;1-2H3/b10-2-;;/t21-,22-,23+;;/m1../s1. The van der Waals surface area contributed by atoms with Crippen LogP contribution in [-0.2, 0) is 14.3 Å². The van der Waals surface area contributed by atoms with Crippen LogP contribution in [0.2, 0.25) is 0 Å². The summed E-state index contributed by atoms with van der Waals surface area (Å²) in [4.78, 5) is 11.0. The van der Waals surface area contributed by atoms with Crippen LogP contribution in [0.1, 0.15) is 83.8 Å². The Bertz CT molecular complexity index is 724. The lowest BCUT2D eigenvalue weighted by atomic mass is 9.92. The predicted octanol–water partition coefficient (Wildman–Crippen LogP) is 7.85. The van der Waals surface area contributed by atoms with E-state index in [0.717, 1.165) is 18.4 Å². The molecule has 0 aliphatic carbocycles. The Morgan fingerprint density at radius 3 is 2.03 bits per heavy atom. The van der Waals surface area contributed by atoms with Gasteiger partial charge in [-0.2, -0.15) is 0 Å². The zero-order valence-corrected chi connectivity index (χ0v) is 19.9. The Morgan fingerprint density at radius 2 is 1.48 bits per heavy atom. The van der Waals surface area contributed by atoms with E-state index in [2.05, 4.69) is 38.1 Å². The van der Waals surface area contributed by atoms with Crippen LogP contribution in [0.3, 0.4) is 0 Å². The van der Waals surface area contributed by atoms with Gasteiger partial charge in [-0.05, 0) is 25.3 Å². The van der Waals surface area contributed by atoms with E-state index in [1.807, 2.05) is 62.4 Å².